The standard InChI is InChI=1S/C10H9FN4O4S/c1-6-10(5-12-13-6)20(18,19)14-8-2-7(11)3-9(4-8)15(16)17/h2-5,14H,1H3,(H,12,13). The van der Waals surface area contributed by atoms with Crippen molar-refractivity contribution in [3.63, 3.8) is 0 Å². The molecule has 106 valence electrons. The Hall–Kier alpha value is -2.49. The molecule has 0 atom stereocenters. The van der Waals surface area contributed by atoms with Gasteiger partial charge in [0.25, 0.3) is 15.7 Å². The molecule has 0 radical (unpaired) electrons. The van der Waals surface area contributed by atoms with E-state index in [0.717, 1.165) is 18.3 Å². The van der Waals surface area contributed by atoms with Gasteiger partial charge in [-0.3, -0.25) is 19.9 Å². The van der Waals surface area contributed by atoms with Gasteiger partial charge in [0.15, 0.2) is 0 Å². The Morgan fingerprint density at radius 3 is 2.65 bits per heavy atom. The lowest BCUT2D eigenvalue weighted by Gasteiger charge is -2.07. The minimum absolute atomic E-state index is 0.121. The van der Waals surface area contributed by atoms with Gasteiger partial charge in [0.05, 0.1) is 28.6 Å². The van der Waals surface area contributed by atoms with Crippen molar-refractivity contribution in [2.24, 2.45) is 0 Å². The lowest BCUT2D eigenvalue weighted by Crippen LogP contribution is -2.13. The molecule has 0 amide bonds. The normalized spacial score (nSPS) is 11.3. The summed E-state index contributed by atoms with van der Waals surface area (Å²) in [6.45, 7) is 1.50. The number of aromatic amines is 1. The summed E-state index contributed by atoms with van der Waals surface area (Å²) < 4.78 is 39.3. The first-order valence-electron chi connectivity index (χ1n) is 5.27. The van der Waals surface area contributed by atoms with Crippen molar-refractivity contribution in [2.75, 3.05) is 4.72 Å². The number of nitro groups is 1. The van der Waals surface area contributed by atoms with Gasteiger partial charge in [0.2, 0.25) is 0 Å². The summed E-state index contributed by atoms with van der Waals surface area (Å²) in [5.74, 6) is -0.916. The topological polar surface area (TPSA) is 118 Å². The highest BCUT2D eigenvalue weighted by Gasteiger charge is 2.20. The van der Waals surface area contributed by atoms with Crippen molar-refractivity contribution in [1.29, 1.82) is 0 Å². The number of hydrogen-bond donors (Lipinski definition) is 2. The molecule has 0 saturated carbocycles. The van der Waals surface area contributed by atoms with Gasteiger partial charge in [-0.2, -0.15) is 5.10 Å². The highest BCUT2D eigenvalue weighted by molar-refractivity contribution is 7.92. The van der Waals surface area contributed by atoms with Crippen LogP contribution in [0.2, 0.25) is 0 Å². The van der Waals surface area contributed by atoms with E-state index in [9.17, 15) is 22.9 Å². The third-order valence-corrected chi connectivity index (χ3v) is 3.91. The molecule has 10 heteroatoms. The zero-order valence-electron chi connectivity index (χ0n) is 10.1. The van der Waals surface area contributed by atoms with Crippen LogP contribution in [0.5, 0.6) is 0 Å². The average molecular weight is 300 g/mol. The molecule has 8 nitrogen and oxygen atoms in total. The second-order valence-corrected chi connectivity index (χ2v) is 5.57. The molecule has 0 aliphatic heterocycles. The van der Waals surface area contributed by atoms with Gasteiger partial charge in [-0.05, 0) is 13.0 Å². The predicted molar refractivity (Wildman–Crippen MR) is 67.2 cm³/mol. The van der Waals surface area contributed by atoms with Gasteiger partial charge in [0, 0.05) is 6.07 Å². The summed E-state index contributed by atoms with van der Waals surface area (Å²) in [7, 11) is -3.99. The highest BCUT2D eigenvalue weighted by atomic mass is 32.2. The fraction of sp³-hybridized carbons (Fsp3) is 0.100. The van der Waals surface area contributed by atoms with Crippen molar-refractivity contribution in [1.82, 2.24) is 10.2 Å². The SMILES string of the molecule is Cc1[nH]ncc1S(=O)(=O)Nc1cc(F)cc([N+](=O)[O-])c1. The first-order valence-corrected chi connectivity index (χ1v) is 6.76. The monoisotopic (exact) mass is 300 g/mol. The summed E-state index contributed by atoms with van der Waals surface area (Å²) in [6, 6.07) is 2.47. The van der Waals surface area contributed by atoms with Crippen LogP contribution in [0.4, 0.5) is 15.8 Å². The molecule has 2 rings (SSSR count). The summed E-state index contributed by atoms with van der Waals surface area (Å²) in [4.78, 5) is 9.66. The zero-order valence-corrected chi connectivity index (χ0v) is 10.9. The number of nitro benzene ring substituents is 1. The molecular formula is C10H9FN4O4S. The van der Waals surface area contributed by atoms with Crippen LogP contribution < -0.4 is 4.72 Å². The molecule has 0 spiro atoms. The first-order chi connectivity index (χ1) is 9.29. The number of sulfonamides is 1. The van der Waals surface area contributed by atoms with Crippen molar-refractivity contribution < 1.29 is 17.7 Å². The Morgan fingerprint density at radius 1 is 1.40 bits per heavy atom. The van der Waals surface area contributed by atoms with E-state index in [4.69, 9.17) is 0 Å². The number of H-pyrrole nitrogens is 1. The van der Waals surface area contributed by atoms with Crippen LogP contribution in [0.1, 0.15) is 5.69 Å². The van der Waals surface area contributed by atoms with Crippen molar-refractivity contribution in [3.05, 3.63) is 46.0 Å². The van der Waals surface area contributed by atoms with Crippen molar-refractivity contribution in [3.8, 4) is 0 Å². The van der Waals surface area contributed by atoms with E-state index in [1.807, 2.05) is 0 Å². The van der Waals surface area contributed by atoms with Crippen LogP contribution >= 0.6 is 0 Å². The van der Waals surface area contributed by atoms with Crippen LogP contribution in [-0.2, 0) is 10.0 Å². The number of aromatic nitrogens is 2. The molecule has 20 heavy (non-hydrogen) atoms. The number of aryl methyl sites for hydroxylation is 1. The Morgan fingerprint density at radius 2 is 2.10 bits per heavy atom. The maximum absolute atomic E-state index is 13.2. The molecule has 1 heterocycles. The van der Waals surface area contributed by atoms with Gasteiger partial charge in [-0.15, -0.1) is 0 Å². The number of hydrogen-bond acceptors (Lipinski definition) is 5. The molecule has 0 aliphatic rings. The van der Waals surface area contributed by atoms with E-state index in [1.165, 1.54) is 6.92 Å². The molecular weight excluding hydrogens is 291 g/mol. The molecule has 0 fully saturated rings. The summed E-state index contributed by atoms with van der Waals surface area (Å²) >= 11 is 0. The van der Waals surface area contributed by atoms with E-state index in [-0.39, 0.29) is 10.6 Å². The molecule has 2 N–H and O–H groups in total. The molecule has 0 aliphatic carbocycles. The number of non-ortho nitro benzene ring substituents is 1. The first kappa shape index (κ1) is 13.9. The summed E-state index contributed by atoms with van der Waals surface area (Å²) in [5, 5.41) is 16.6. The molecule has 1 aromatic heterocycles. The van der Waals surface area contributed by atoms with Crippen molar-refractivity contribution in [2.45, 2.75) is 11.8 Å². The molecule has 2 aromatic rings. The van der Waals surface area contributed by atoms with Gasteiger partial charge in [0.1, 0.15) is 10.7 Å². The van der Waals surface area contributed by atoms with E-state index >= 15 is 0 Å². The number of nitrogens with one attached hydrogen (secondary N) is 2. The predicted octanol–water partition coefficient (Wildman–Crippen LogP) is 1.57. The molecule has 0 saturated heterocycles. The number of halogens is 1. The van der Waals surface area contributed by atoms with Crippen LogP contribution in [0.15, 0.2) is 29.3 Å². The van der Waals surface area contributed by atoms with Gasteiger partial charge in [-0.25, -0.2) is 12.8 Å². The quantitative estimate of drug-likeness (QED) is 0.656. The molecule has 0 bridgehead atoms. The van der Waals surface area contributed by atoms with Crippen molar-refractivity contribution >= 4 is 21.4 Å². The van der Waals surface area contributed by atoms with E-state index < -0.39 is 26.5 Å². The van der Waals surface area contributed by atoms with Crippen LogP contribution in [0.3, 0.4) is 0 Å². The minimum atomic E-state index is -3.99. The van der Waals surface area contributed by atoms with E-state index in [1.54, 1.807) is 0 Å². The van der Waals surface area contributed by atoms with Gasteiger partial charge >= 0.3 is 0 Å². The molecule has 0 unspecified atom stereocenters. The number of benzene rings is 1. The summed E-state index contributed by atoms with van der Waals surface area (Å²) in [5.41, 5.74) is -0.493. The maximum atomic E-state index is 13.2. The number of nitrogens with zero attached hydrogens (tertiary/aromatic N) is 2. The lowest BCUT2D eigenvalue weighted by atomic mass is 10.3. The second kappa shape index (κ2) is 4.89. The number of rotatable bonds is 4. The lowest BCUT2D eigenvalue weighted by molar-refractivity contribution is -0.385. The minimum Gasteiger partial charge on any atom is -0.281 e. The Balaban J connectivity index is 2.40. The fourth-order valence-corrected chi connectivity index (χ4v) is 2.74. The van der Waals surface area contributed by atoms with Gasteiger partial charge in [-0.1, -0.05) is 0 Å². The second-order valence-electron chi connectivity index (χ2n) is 3.92. The average Bonchev–Trinajstić information content (AvgIpc) is 2.74. The zero-order chi connectivity index (χ0) is 14.9. The fourth-order valence-electron chi connectivity index (χ4n) is 1.56. The highest BCUT2D eigenvalue weighted by Crippen LogP contribution is 2.23. The van der Waals surface area contributed by atoms with E-state index in [0.29, 0.717) is 11.8 Å². The number of anilines is 1. The third kappa shape index (κ3) is 2.74. The van der Waals surface area contributed by atoms with Crippen LogP contribution in [0, 0.1) is 22.9 Å². The van der Waals surface area contributed by atoms with Gasteiger partial charge < -0.3 is 0 Å². The van der Waals surface area contributed by atoms with Crippen LogP contribution in [-0.4, -0.2) is 23.5 Å². The third-order valence-electron chi connectivity index (χ3n) is 2.42. The van der Waals surface area contributed by atoms with Crippen LogP contribution in [0.25, 0.3) is 0 Å². The Labute approximate surface area is 112 Å². The summed E-state index contributed by atoms with van der Waals surface area (Å²) in [6.07, 6.45) is 1.09. The van der Waals surface area contributed by atoms with E-state index in [2.05, 4.69) is 14.9 Å². The largest absolute Gasteiger partial charge is 0.281 e. The molecule has 1 aromatic carbocycles. The smallest absolute Gasteiger partial charge is 0.274 e. The maximum Gasteiger partial charge on any atom is 0.274 e. The Kier molecular flexibility index (Phi) is 3.40. The Bertz CT molecular complexity index is 771.